The van der Waals surface area contributed by atoms with Crippen molar-refractivity contribution in [2.45, 2.75) is 31.6 Å². The lowest BCUT2D eigenvalue weighted by molar-refractivity contribution is -0.0817. The van der Waals surface area contributed by atoms with Crippen molar-refractivity contribution in [2.75, 3.05) is 38.7 Å². The molecule has 3 heterocycles. The molecule has 2 aromatic rings. The molecule has 1 aromatic carbocycles. The van der Waals surface area contributed by atoms with E-state index in [0.717, 1.165) is 49.7 Å². The molecule has 2 atom stereocenters. The number of nitrogens with one attached hydrogen (secondary N) is 2. The van der Waals surface area contributed by atoms with Gasteiger partial charge in [0.1, 0.15) is 6.10 Å². The Morgan fingerprint density at radius 3 is 2.65 bits per heavy atom. The molecule has 31 heavy (non-hydrogen) atoms. The van der Waals surface area contributed by atoms with Crippen LogP contribution in [0.3, 0.4) is 0 Å². The summed E-state index contributed by atoms with van der Waals surface area (Å²) in [6.07, 6.45) is 3.93. The molecule has 2 fully saturated rings. The van der Waals surface area contributed by atoms with Gasteiger partial charge in [0.25, 0.3) is 5.91 Å². The summed E-state index contributed by atoms with van der Waals surface area (Å²) in [6.45, 7) is 3.73. The summed E-state index contributed by atoms with van der Waals surface area (Å²) < 4.78 is 16.8. The quantitative estimate of drug-likeness (QED) is 0.345. The minimum atomic E-state index is -0.264. The van der Waals surface area contributed by atoms with E-state index in [1.165, 1.54) is 6.26 Å². The van der Waals surface area contributed by atoms with E-state index in [4.69, 9.17) is 13.9 Å². The van der Waals surface area contributed by atoms with Crippen LogP contribution in [0.15, 0.2) is 52.1 Å². The molecule has 0 bridgehead atoms. The number of carbonyl (C=O) groups is 1. The maximum Gasteiger partial charge on any atom is 0.291 e. The number of anilines is 1. The average Bonchev–Trinajstić information content (AvgIpc) is 3.50. The van der Waals surface area contributed by atoms with Crippen LogP contribution in [0.1, 0.15) is 29.0 Å². The van der Waals surface area contributed by atoms with E-state index < -0.39 is 0 Å². The van der Waals surface area contributed by atoms with Gasteiger partial charge in [0.2, 0.25) is 0 Å². The number of benzene rings is 1. The normalized spacial score (nSPS) is 21.5. The van der Waals surface area contributed by atoms with Crippen LogP contribution >= 0.6 is 24.0 Å². The summed E-state index contributed by atoms with van der Waals surface area (Å²) in [5.74, 6) is 0.882. The number of amides is 1. The molecule has 2 aliphatic rings. The van der Waals surface area contributed by atoms with Gasteiger partial charge in [-0.15, -0.1) is 24.0 Å². The topological polar surface area (TPSA) is 88.3 Å². The lowest BCUT2D eigenvalue weighted by atomic mass is 10.1. The first-order valence-corrected chi connectivity index (χ1v) is 10.4. The third-order valence-electron chi connectivity index (χ3n) is 5.39. The number of carbonyl (C=O) groups excluding carboxylic acids is 1. The van der Waals surface area contributed by atoms with Crippen LogP contribution in [-0.2, 0) is 16.0 Å². The standard InChI is InChI=1S/C22H28N4O4.HI/c1-23-22(26-10-13-30-20(15-26)18-4-2-11-28-18)24-14-16-6-8-17(9-7-16)25-21(27)19-5-3-12-29-19;/h3,5-9,12,18,20H,2,4,10-11,13-15H2,1H3,(H,23,24)(H,25,27);1H. The molecule has 8 nitrogen and oxygen atoms in total. The van der Waals surface area contributed by atoms with E-state index in [0.29, 0.717) is 13.2 Å². The zero-order valence-electron chi connectivity index (χ0n) is 17.6. The first kappa shape index (κ1) is 23.6. The van der Waals surface area contributed by atoms with Gasteiger partial charge >= 0.3 is 0 Å². The first-order valence-electron chi connectivity index (χ1n) is 10.4. The van der Waals surface area contributed by atoms with Crippen molar-refractivity contribution < 1.29 is 18.7 Å². The fourth-order valence-corrected chi connectivity index (χ4v) is 3.81. The molecular weight excluding hydrogens is 511 g/mol. The lowest BCUT2D eigenvalue weighted by Crippen LogP contribution is -2.53. The van der Waals surface area contributed by atoms with E-state index >= 15 is 0 Å². The van der Waals surface area contributed by atoms with E-state index in [-0.39, 0.29) is 47.9 Å². The van der Waals surface area contributed by atoms with Gasteiger partial charge in [0, 0.05) is 39.0 Å². The van der Waals surface area contributed by atoms with Crippen LogP contribution in [0.25, 0.3) is 0 Å². The molecule has 4 rings (SSSR count). The summed E-state index contributed by atoms with van der Waals surface area (Å²) in [6, 6.07) is 11.0. The fourth-order valence-electron chi connectivity index (χ4n) is 3.81. The largest absolute Gasteiger partial charge is 0.459 e. The van der Waals surface area contributed by atoms with Crippen LogP contribution in [-0.4, -0.2) is 62.3 Å². The van der Waals surface area contributed by atoms with E-state index in [9.17, 15) is 4.79 Å². The smallest absolute Gasteiger partial charge is 0.291 e. The average molecular weight is 540 g/mol. The minimum Gasteiger partial charge on any atom is -0.459 e. The van der Waals surface area contributed by atoms with Gasteiger partial charge in [0.05, 0.1) is 19.0 Å². The maximum atomic E-state index is 12.1. The Hall–Kier alpha value is -2.11. The summed E-state index contributed by atoms with van der Waals surface area (Å²) >= 11 is 0. The van der Waals surface area contributed by atoms with Gasteiger partial charge in [-0.3, -0.25) is 9.79 Å². The van der Waals surface area contributed by atoms with Crippen molar-refractivity contribution in [3.05, 3.63) is 54.0 Å². The number of ether oxygens (including phenoxy) is 2. The Bertz CT molecular complexity index is 851. The Labute approximate surface area is 199 Å². The van der Waals surface area contributed by atoms with Crippen molar-refractivity contribution in [1.29, 1.82) is 0 Å². The number of hydrogen-bond donors (Lipinski definition) is 2. The third kappa shape index (κ3) is 6.20. The monoisotopic (exact) mass is 540 g/mol. The van der Waals surface area contributed by atoms with Crippen LogP contribution in [0, 0.1) is 0 Å². The number of halogens is 1. The van der Waals surface area contributed by atoms with E-state index in [2.05, 4.69) is 20.5 Å². The van der Waals surface area contributed by atoms with Crippen LogP contribution < -0.4 is 10.6 Å². The number of guanidine groups is 1. The van der Waals surface area contributed by atoms with Crippen LogP contribution in [0.2, 0.25) is 0 Å². The highest BCUT2D eigenvalue weighted by atomic mass is 127. The number of morpholine rings is 1. The summed E-state index contributed by atoms with van der Waals surface area (Å²) in [4.78, 5) is 18.7. The molecule has 2 N–H and O–H groups in total. The molecule has 2 unspecified atom stereocenters. The van der Waals surface area contributed by atoms with Gasteiger partial charge < -0.3 is 29.4 Å². The van der Waals surface area contributed by atoms with E-state index in [1.807, 2.05) is 24.3 Å². The zero-order chi connectivity index (χ0) is 20.8. The highest BCUT2D eigenvalue weighted by Gasteiger charge is 2.32. The Morgan fingerprint density at radius 1 is 1.16 bits per heavy atom. The first-order chi connectivity index (χ1) is 14.7. The van der Waals surface area contributed by atoms with Gasteiger partial charge in [-0.1, -0.05) is 12.1 Å². The molecule has 9 heteroatoms. The lowest BCUT2D eigenvalue weighted by Gasteiger charge is -2.37. The Balaban J connectivity index is 0.00000272. The molecule has 0 saturated carbocycles. The predicted molar refractivity (Wildman–Crippen MR) is 129 cm³/mol. The van der Waals surface area contributed by atoms with Gasteiger partial charge in [-0.05, 0) is 42.7 Å². The molecule has 2 saturated heterocycles. The van der Waals surface area contributed by atoms with Crippen molar-refractivity contribution in [1.82, 2.24) is 10.2 Å². The molecule has 2 aliphatic heterocycles. The molecule has 168 valence electrons. The summed E-state index contributed by atoms with van der Waals surface area (Å²) in [7, 11) is 1.80. The highest BCUT2D eigenvalue weighted by molar-refractivity contribution is 14.0. The second-order valence-electron chi connectivity index (χ2n) is 7.44. The number of aliphatic imine (C=N–C) groups is 1. The maximum absolute atomic E-state index is 12.1. The number of nitrogens with zero attached hydrogens (tertiary/aromatic N) is 2. The van der Waals surface area contributed by atoms with Crippen molar-refractivity contribution >= 4 is 41.5 Å². The predicted octanol–water partition coefficient (Wildman–Crippen LogP) is 3.11. The van der Waals surface area contributed by atoms with E-state index in [1.54, 1.807) is 19.2 Å². The van der Waals surface area contributed by atoms with Gasteiger partial charge in [0.15, 0.2) is 11.7 Å². The van der Waals surface area contributed by atoms with Crippen LogP contribution in [0.5, 0.6) is 0 Å². The second-order valence-corrected chi connectivity index (χ2v) is 7.44. The minimum absolute atomic E-state index is 0. The summed E-state index contributed by atoms with van der Waals surface area (Å²) in [5, 5.41) is 6.25. The molecule has 0 aliphatic carbocycles. The van der Waals surface area contributed by atoms with Gasteiger partial charge in [-0.25, -0.2) is 0 Å². The summed E-state index contributed by atoms with van der Waals surface area (Å²) in [5.41, 5.74) is 1.81. The van der Waals surface area contributed by atoms with Gasteiger partial charge in [-0.2, -0.15) is 0 Å². The highest BCUT2D eigenvalue weighted by Crippen LogP contribution is 2.21. The van der Waals surface area contributed by atoms with Crippen molar-refractivity contribution in [3.8, 4) is 0 Å². The van der Waals surface area contributed by atoms with Crippen LogP contribution in [0.4, 0.5) is 5.69 Å². The molecular formula is C22H29IN4O4. The van der Waals surface area contributed by atoms with Crippen molar-refractivity contribution in [2.24, 2.45) is 4.99 Å². The molecule has 0 spiro atoms. The Kier molecular flexibility index (Phi) is 8.73. The number of furan rings is 1. The zero-order valence-corrected chi connectivity index (χ0v) is 19.9. The third-order valence-corrected chi connectivity index (χ3v) is 5.39. The fraction of sp³-hybridized carbons (Fsp3) is 0.455. The second kappa shape index (κ2) is 11.5. The van der Waals surface area contributed by atoms with Crippen molar-refractivity contribution in [3.63, 3.8) is 0 Å². The number of rotatable bonds is 5. The molecule has 1 aromatic heterocycles. The molecule has 0 radical (unpaired) electrons. The molecule has 1 amide bonds. The SMILES string of the molecule is CN=C(NCc1ccc(NC(=O)c2ccco2)cc1)N1CCOC(C2CCCO2)C1.I. The Morgan fingerprint density at radius 2 is 1.97 bits per heavy atom. The number of hydrogen-bond acceptors (Lipinski definition) is 5.